The maximum atomic E-state index is 9.94. The van der Waals surface area contributed by atoms with Gasteiger partial charge < -0.3 is 20.1 Å². The van der Waals surface area contributed by atoms with Crippen LogP contribution in [0.5, 0.6) is 0 Å². The van der Waals surface area contributed by atoms with Gasteiger partial charge in [0.1, 0.15) is 5.60 Å². The number of carbonyl (C=O) groups excluding carboxylic acids is 1. The molecule has 2 N–H and O–H groups in total. The van der Waals surface area contributed by atoms with Gasteiger partial charge in [0, 0.05) is 0 Å². The second-order valence-corrected chi connectivity index (χ2v) is 2.11. The van der Waals surface area contributed by atoms with Gasteiger partial charge in [-0.2, -0.15) is 0 Å². The van der Waals surface area contributed by atoms with Crippen molar-refractivity contribution in [3.63, 3.8) is 0 Å². The summed E-state index contributed by atoms with van der Waals surface area (Å²) in [5.41, 5.74) is -2.14. The Labute approximate surface area is 81.2 Å². The Balaban J connectivity index is 0. The maximum Gasteiger partial charge on any atom is 1.00 e. The number of aliphatic hydroxyl groups is 2. The van der Waals surface area contributed by atoms with Gasteiger partial charge in [0.25, 0.3) is 0 Å². The van der Waals surface area contributed by atoms with Gasteiger partial charge in [0.2, 0.25) is 0 Å². The molecule has 0 aliphatic carbocycles. The number of hydrogen-bond donors (Lipinski definition) is 2. The normalized spacial score (nSPS) is 18.4. The summed E-state index contributed by atoms with van der Waals surface area (Å²) >= 11 is 0. The summed E-state index contributed by atoms with van der Waals surface area (Å²) in [6.45, 7) is 2.16. The molecular weight excluding hydrogens is 147 g/mol. The minimum atomic E-state index is -2.14. The molecule has 0 aromatic carbocycles. The van der Waals surface area contributed by atoms with Gasteiger partial charge in [-0.1, -0.05) is 0 Å². The van der Waals surface area contributed by atoms with E-state index in [0.29, 0.717) is 0 Å². The Bertz CT molecular complexity index is 121. The van der Waals surface area contributed by atoms with E-state index in [-0.39, 0.29) is 29.6 Å². The number of carbonyl (C=O) groups is 1. The Morgan fingerprint density at radius 1 is 1.70 bits per heavy atom. The summed E-state index contributed by atoms with van der Waals surface area (Å²) in [5, 5.41) is 27.3. The van der Waals surface area contributed by atoms with E-state index >= 15 is 0 Å². The largest absolute Gasteiger partial charge is 1.00 e. The van der Waals surface area contributed by atoms with Crippen molar-refractivity contribution in [3.05, 3.63) is 0 Å². The molecule has 4 nitrogen and oxygen atoms in total. The summed E-state index contributed by atoms with van der Waals surface area (Å²) in [6.07, 6.45) is -1.32. The Hall–Kier alpha value is 0.390. The third kappa shape index (κ3) is 2.98. The average Bonchev–Trinajstić information content (AvgIpc) is 1.65. The Morgan fingerprint density at radius 3 is 2.00 bits per heavy atom. The molecule has 0 radical (unpaired) electrons. The number of aliphatic carboxylic acids is 1. The fourth-order valence-corrected chi connectivity index (χ4v) is 0.171. The molecule has 0 unspecified atom stereocenters. The van der Waals surface area contributed by atoms with E-state index in [1.54, 1.807) is 0 Å². The summed E-state index contributed by atoms with van der Waals surface area (Å²) < 4.78 is 0. The quantitative estimate of drug-likeness (QED) is 0.392. The van der Waals surface area contributed by atoms with Crippen LogP contribution in [-0.2, 0) is 4.79 Å². The molecule has 2 atom stereocenters. The number of carboxylic acid groups (broad SMARTS) is 1. The summed E-state index contributed by atoms with van der Waals surface area (Å²) in [7, 11) is 0. The zero-order valence-corrected chi connectivity index (χ0v) is 8.29. The van der Waals surface area contributed by atoms with Gasteiger partial charge in [-0.05, 0) is 13.8 Å². The smallest absolute Gasteiger partial charge is 0.547 e. The predicted octanol–water partition coefficient (Wildman–Crippen LogP) is -5.13. The summed E-state index contributed by atoms with van der Waals surface area (Å²) in [6, 6.07) is 0. The predicted molar refractivity (Wildman–Crippen MR) is 27.3 cm³/mol. The number of rotatable bonds is 2. The van der Waals surface area contributed by atoms with Crippen LogP contribution in [0, 0.1) is 0 Å². The average molecular weight is 156 g/mol. The van der Waals surface area contributed by atoms with Crippen molar-refractivity contribution >= 4 is 5.97 Å². The van der Waals surface area contributed by atoms with Crippen molar-refractivity contribution in [1.29, 1.82) is 0 Å². The third-order valence-corrected chi connectivity index (χ3v) is 1.23. The van der Waals surface area contributed by atoms with Crippen LogP contribution in [0.1, 0.15) is 13.8 Å². The van der Waals surface area contributed by atoms with Gasteiger partial charge >= 0.3 is 29.6 Å². The molecule has 0 saturated carbocycles. The molecule has 0 aliphatic heterocycles. The van der Waals surface area contributed by atoms with Crippen molar-refractivity contribution in [2.75, 3.05) is 0 Å². The second kappa shape index (κ2) is 4.31. The first kappa shape index (κ1) is 13.0. The monoisotopic (exact) mass is 156 g/mol. The van der Waals surface area contributed by atoms with Crippen LogP contribution < -0.4 is 34.7 Å². The summed E-state index contributed by atoms with van der Waals surface area (Å²) in [4.78, 5) is 9.94. The first-order chi connectivity index (χ1) is 3.89. The fraction of sp³-hybridized carbons (Fsp3) is 0.800. The van der Waals surface area contributed by atoms with E-state index in [1.807, 2.05) is 0 Å². The molecule has 0 aromatic heterocycles. The van der Waals surface area contributed by atoms with Crippen LogP contribution in [0.4, 0.5) is 0 Å². The van der Waals surface area contributed by atoms with Crippen LogP contribution >= 0.6 is 0 Å². The van der Waals surface area contributed by atoms with E-state index in [1.165, 1.54) is 6.92 Å². The Morgan fingerprint density at radius 2 is 2.00 bits per heavy atom. The molecule has 0 heterocycles. The van der Waals surface area contributed by atoms with Crippen molar-refractivity contribution in [2.24, 2.45) is 0 Å². The molecule has 0 amide bonds. The molecule has 0 rings (SSSR count). The van der Waals surface area contributed by atoms with Crippen LogP contribution in [0.2, 0.25) is 0 Å². The number of carboxylic acids is 1. The zero-order valence-electron chi connectivity index (χ0n) is 6.29. The molecule has 54 valence electrons. The number of hydrogen-bond acceptors (Lipinski definition) is 4. The first-order valence-corrected chi connectivity index (χ1v) is 2.51. The van der Waals surface area contributed by atoms with Gasteiger partial charge in [-0.25, -0.2) is 0 Å². The Kier molecular flexibility index (Phi) is 5.60. The van der Waals surface area contributed by atoms with Gasteiger partial charge in [-0.3, -0.25) is 0 Å². The molecule has 5 heteroatoms. The molecule has 0 aromatic rings. The maximum absolute atomic E-state index is 9.94. The summed E-state index contributed by atoms with van der Waals surface area (Å²) in [5.74, 6) is -1.67. The third-order valence-electron chi connectivity index (χ3n) is 1.23. The first-order valence-electron chi connectivity index (χ1n) is 2.51. The van der Waals surface area contributed by atoms with E-state index < -0.39 is 17.7 Å². The van der Waals surface area contributed by atoms with Crippen LogP contribution in [-0.4, -0.2) is 27.9 Å². The molecule has 0 saturated heterocycles. The zero-order chi connectivity index (χ0) is 7.65. The van der Waals surface area contributed by atoms with Crippen LogP contribution in [0.15, 0.2) is 0 Å². The molecule has 0 spiro atoms. The number of aliphatic hydroxyl groups excluding tert-OH is 1. The fourth-order valence-electron chi connectivity index (χ4n) is 0.171. The van der Waals surface area contributed by atoms with Gasteiger partial charge in [0.05, 0.1) is 12.1 Å². The molecule has 0 bridgehead atoms. The second-order valence-electron chi connectivity index (χ2n) is 2.11. The van der Waals surface area contributed by atoms with E-state index in [2.05, 4.69) is 0 Å². The topological polar surface area (TPSA) is 80.6 Å². The van der Waals surface area contributed by atoms with Gasteiger partial charge in [-0.15, -0.1) is 0 Å². The van der Waals surface area contributed by atoms with Crippen LogP contribution in [0.3, 0.4) is 0 Å². The van der Waals surface area contributed by atoms with E-state index in [9.17, 15) is 9.90 Å². The SMILES string of the molecule is C[C@@H](O)[C@@](C)(O)C(=O)[O-].[Na+]. The standard InChI is InChI=1S/C5H10O4.Na/c1-3(6)5(2,9)4(7)8;/h3,6,9H,1-2H3,(H,7,8);/q;+1/p-1/t3-,5-;/m1./s1. The minimum absolute atomic E-state index is 0. The molecule has 0 aliphatic rings. The van der Waals surface area contributed by atoms with Crippen molar-refractivity contribution < 1.29 is 49.7 Å². The van der Waals surface area contributed by atoms with Crippen LogP contribution in [0.25, 0.3) is 0 Å². The van der Waals surface area contributed by atoms with Crippen molar-refractivity contribution in [3.8, 4) is 0 Å². The molecular formula is C5H9NaO4. The van der Waals surface area contributed by atoms with E-state index in [0.717, 1.165) is 6.92 Å². The minimum Gasteiger partial charge on any atom is -0.547 e. The molecule has 0 fully saturated rings. The van der Waals surface area contributed by atoms with Crippen molar-refractivity contribution in [1.82, 2.24) is 0 Å². The van der Waals surface area contributed by atoms with Crippen molar-refractivity contribution in [2.45, 2.75) is 25.6 Å². The molecule has 10 heavy (non-hydrogen) atoms. The van der Waals surface area contributed by atoms with Gasteiger partial charge in [0.15, 0.2) is 0 Å². The van der Waals surface area contributed by atoms with E-state index in [4.69, 9.17) is 10.2 Å².